The van der Waals surface area contributed by atoms with Gasteiger partial charge in [0.15, 0.2) is 0 Å². The van der Waals surface area contributed by atoms with E-state index in [0.717, 1.165) is 6.42 Å². The van der Waals surface area contributed by atoms with Crippen LogP contribution in [0.2, 0.25) is 0 Å². The van der Waals surface area contributed by atoms with Gasteiger partial charge in [-0.05, 0) is 18.3 Å². The second-order valence-corrected chi connectivity index (χ2v) is 5.22. The molecule has 0 radical (unpaired) electrons. The minimum absolute atomic E-state index is 0.00343. The first-order chi connectivity index (χ1) is 8.02. The van der Waals surface area contributed by atoms with Crippen LogP contribution in [-0.4, -0.2) is 41.9 Å². The van der Waals surface area contributed by atoms with Crippen LogP contribution in [0.1, 0.15) is 20.3 Å². The number of urea groups is 1. The molecular formula is C13H20N2O2. The quantitative estimate of drug-likeness (QED) is 0.650. The third-order valence-corrected chi connectivity index (χ3v) is 3.89. The van der Waals surface area contributed by atoms with Gasteiger partial charge in [0.1, 0.15) is 0 Å². The normalized spacial score (nSPS) is 33.4. The number of amides is 3. The lowest BCUT2D eigenvalue weighted by atomic mass is 9.77. The van der Waals surface area contributed by atoms with Gasteiger partial charge < -0.3 is 4.90 Å². The smallest absolute Gasteiger partial charge is 0.326 e. The van der Waals surface area contributed by atoms with Crippen molar-refractivity contribution >= 4 is 11.9 Å². The zero-order valence-corrected chi connectivity index (χ0v) is 10.7. The molecule has 3 atom stereocenters. The molecule has 0 aromatic rings. The van der Waals surface area contributed by atoms with E-state index in [0.29, 0.717) is 19.0 Å². The Morgan fingerprint density at radius 1 is 1.35 bits per heavy atom. The van der Waals surface area contributed by atoms with Crippen molar-refractivity contribution < 1.29 is 9.59 Å². The largest absolute Gasteiger partial charge is 0.326 e. The van der Waals surface area contributed by atoms with Crippen LogP contribution in [0.5, 0.6) is 0 Å². The maximum absolute atomic E-state index is 12.4. The number of rotatable bonds is 1. The van der Waals surface area contributed by atoms with E-state index in [9.17, 15) is 9.59 Å². The first-order valence-corrected chi connectivity index (χ1v) is 6.25. The first-order valence-electron chi connectivity index (χ1n) is 6.25. The second kappa shape index (κ2) is 4.51. The molecule has 94 valence electrons. The van der Waals surface area contributed by atoms with Gasteiger partial charge in [-0.2, -0.15) is 0 Å². The highest BCUT2D eigenvalue weighted by Crippen LogP contribution is 2.32. The molecule has 1 fully saturated rings. The number of hydrogen-bond donors (Lipinski definition) is 0. The van der Waals surface area contributed by atoms with Gasteiger partial charge in [0.2, 0.25) is 5.91 Å². The Kier molecular flexibility index (Phi) is 3.22. The van der Waals surface area contributed by atoms with Crippen LogP contribution >= 0.6 is 0 Å². The standard InChI is InChI=1S/C13H20N2O2/c1-9-5-4-6-10(2)11(9)12(16)15-8-7-14(3)13(15)17/h4-5,9-11H,6-8H2,1-3H3/t9-,10-,11-/m1/s1. The summed E-state index contributed by atoms with van der Waals surface area (Å²) in [6, 6.07) is -0.149. The molecule has 1 aliphatic heterocycles. The number of carbonyl (C=O) groups excluding carboxylic acids is 2. The fraction of sp³-hybridized carbons (Fsp3) is 0.692. The summed E-state index contributed by atoms with van der Waals surface area (Å²) in [7, 11) is 1.74. The highest BCUT2D eigenvalue weighted by atomic mass is 16.2. The lowest BCUT2D eigenvalue weighted by molar-refractivity contribution is -0.134. The summed E-state index contributed by atoms with van der Waals surface area (Å²) >= 11 is 0. The summed E-state index contributed by atoms with van der Waals surface area (Å²) in [5.41, 5.74) is 0. The van der Waals surface area contributed by atoms with Crippen LogP contribution in [0.4, 0.5) is 4.79 Å². The monoisotopic (exact) mass is 236 g/mol. The molecule has 4 heteroatoms. The molecular weight excluding hydrogens is 216 g/mol. The Labute approximate surface area is 102 Å². The average molecular weight is 236 g/mol. The van der Waals surface area contributed by atoms with Crippen molar-refractivity contribution in [2.45, 2.75) is 20.3 Å². The molecule has 2 aliphatic rings. The molecule has 17 heavy (non-hydrogen) atoms. The van der Waals surface area contributed by atoms with Crippen molar-refractivity contribution in [2.24, 2.45) is 17.8 Å². The zero-order chi connectivity index (χ0) is 12.6. The van der Waals surface area contributed by atoms with Crippen LogP contribution in [0.25, 0.3) is 0 Å². The predicted molar refractivity (Wildman–Crippen MR) is 65.3 cm³/mol. The summed E-state index contributed by atoms with van der Waals surface area (Å²) in [5, 5.41) is 0. The molecule has 1 heterocycles. The van der Waals surface area contributed by atoms with Gasteiger partial charge in [-0.3, -0.25) is 9.69 Å². The summed E-state index contributed by atoms with van der Waals surface area (Å²) in [6.07, 6.45) is 5.16. The Morgan fingerprint density at radius 2 is 2.06 bits per heavy atom. The summed E-state index contributed by atoms with van der Waals surface area (Å²) in [6.45, 7) is 5.33. The minimum atomic E-state index is -0.149. The fourth-order valence-corrected chi connectivity index (χ4v) is 2.79. The molecule has 0 spiro atoms. The number of imide groups is 1. The topological polar surface area (TPSA) is 40.6 Å². The molecule has 0 saturated carbocycles. The molecule has 0 aromatic heterocycles. The van der Waals surface area contributed by atoms with Gasteiger partial charge >= 0.3 is 6.03 Å². The van der Waals surface area contributed by atoms with Crippen molar-refractivity contribution in [3.05, 3.63) is 12.2 Å². The number of carbonyl (C=O) groups is 2. The van der Waals surface area contributed by atoms with E-state index in [1.807, 2.05) is 0 Å². The lowest BCUT2D eigenvalue weighted by Gasteiger charge is -2.32. The highest BCUT2D eigenvalue weighted by molar-refractivity contribution is 5.97. The second-order valence-electron chi connectivity index (χ2n) is 5.22. The van der Waals surface area contributed by atoms with Crippen molar-refractivity contribution in [1.29, 1.82) is 0 Å². The van der Waals surface area contributed by atoms with E-state index in [-0.39, 0.29) is 23.8 Å². The summed E-state index contributed by atoms with van der Waals surface area (Å²) < 4.78 is 0. The maximum atomic E-state index is 12.4. The molecule has 1 aliphatic carbocycles. The molecule has 3 amide bonds. The number of nitrogens with zero attached hydrogens (tertiary/aromatic N) is 2. The molecule has 4 nitrogen and oxygen atoms in total. The van der Waals surface area contributed by atoms with Crippen LogP contribution in [-0.2, 0) is 4.79 Å². The molecule has 2 rings (SSSR count). The Bertz CT molecular complexity index is 364. The van der Waals surface area contributed by atoms with E-state index >= 15 is 0 Å². The average Bonchev–Trinajstić information content (AvgIpc) is 2.59. The maximum Gasteiger partial charge on any atom is 0.326 e. The number of allylic oxidation sites excluding steroid dienone is 2. The summed E-state index contributed by atoms with van der Waals surface area (Å²) in [4.78, 5) is 27.3. The van der Waals surface area contributed by atoms with Crippen LogP contribution in [0.15, 0.2) is 12.2 Å². The molecule has 0 bridgehead atoms. The first kappa shape index (κ1) is 12.1. The van der Waals surface area contributed by atoms with E-state index < -0.39 is 0 Å². The molecule has 0 aromatic carbocycles. The highest BCUT2D eigenvalue weighted by Gasteiger charge is 2.39. The predicted octanol–water partition coefficient (Wildman–Crippen LogP) is 1.73. The Balaban J connectivity index is 2.14. The Morgan fingerprint density at radius 3 is 2.59 bits per heavy atom. The SMILES string of the molecule is C[C@@H]1C=CC[C@@H](C)[C@@H]1C(=O)N1CCN(C)C1=O. The van der Waals surface area contributed by atoms with Gasteiger partial charge in [0, 0.05) is 26.1 Å². The van der Waals surface area contributed by atoms with E-state index in [1.54, 1.807) is 11.9 Å². The zero-order valence-electron chi connectivity index (χ0n) is 10.7. The van der Waals surface area contributed by atoms with Gasteiger partial charge in [0.05, 0.1) is 0 Å². The number of likely N-dealkylation sites (N-methyl/N-ethyl adjacent to an activating group) is 1. The number of hydrogen-bond acceptors (Lipinski definition) is 2. The fourth-order valence-electron chi connectivity index (χ4n) is 2.79. The minimum Gasteiger partial charge on any atom is -0.326 e. The molecule has 0 N–H and O–H groups in total. The van der Waals surface area contributed by atoms with Crippen molar-refractivity contribution in [2.75, 3.05) is 20.1 Å². The van der Waals surface area contributed by atoms with Crippen molar-refractivity contribution in [3.8, 4) is 0 Å². The van der Waals surface area contributed by atoms with Crippen LogP contribution in [0.3, 0.4) is 0 Å². The molecule has 0 unspecified atom stereocenters. The van der Waals surface area contributed by atoms with Gasteiger partial charge in [-0.15, -0.1) is 0 Å². The van der Waals surface area contributed by atoms with Gasteiger partial charge in [0.25, 0.3) is 0 Å². The van der Waals surface area contributed by atoms with Gasteiger partial charge in [-0.1, -0.05) is 26.0 Å². The van der Waals surface area contributed by atoms with E-state index in [2.05, 4.69) is 26.0 Å². The summed E-state index contributed by atoms with van der Waals surface area (Å²) in [5.74, 6) is 0.505. The Hall–Kier alpha value is -1.32. The van der Waals surface area contributed by atoms with Crippen molar-refractivity contribution in [1.82, 2.24) is 9.80 Å². The third kappa shape index (κ3) is 2.08. The van der Waals surface area contributed by atoms with Crippen LogP contribution in [0, 0.1) is 17.8 Å². The van der Waals surface area contributed by atoms with Gasteiger partial charge in [-0.25, -0.2) is 4.79 Å². The third-order valence-electron chi connectivity index (χ3n) is 3.89. The van der Waals surface area contributed by atoms with Crippen LogP contribution < -0.4 is 0 Å². The molecule has 1 saturated heterocycles. The van der Waals surface area contributed by atoms with Crippen molar-refractivity contribution in [3.63, 3.8) is 0 Å². The lowest BCUT2D eigenvalue weighted by Crippen LogP contribution is -2.43. The van der Waals surface area contributed by atoms with E-state index in [4.69, 9.17) is 0 Å². The van der Waals surface area contributed by atoms with E-state index in [1.165, 1.54) is 4.90 Å².